The molecule has 1 saturated heterocycles. The fourth-order valence-corrected chi connectivity index (χ4v) is 4.91. The van der Waals surface area contributed by atoms with Gasteiger partial charge in [0.05, 0.1) is 5.92 Å². The highest BCUT2D eigenvalue weighted by molar-refractivity contribution is 9.10. The van der Waals surface area contributed by atoms with Crippen molar-refractivity contribution in [3.05, 3.63) is 68.6 Å². The third-order valence-electron chi connectivity index (χ3n) is 5.77. The summed E-state index contributed by atoms with van der Waals surface area (Å²) in [6.07, 6.45) is 0.655. The fraction of sp³-hybridized carbons (Fsp3) is 0.292. The number of carbonyl (C=O) groups excluding carboxylic acids is 3. The average molecular weight is 542 g/mol. The van der Waals surface area contributed by atoms with Gasteiger partial charge in [0.2, 0.25) is 16.9 Å². The van der Waals surface area contributed by atoms with Crippen molar-refractivity contribution in [1.82, 2.24) is 15.5 Å². The maximum absolute atomic E-state index is 12.8. The van der Waals surface area contributed by atoms with Gasteiger partial charge in [-0.05, 0) is 49.2 Å². The molecule has 8 nitrogen and oxygen atoms in total. The number of anilines is 2. The van der Waals surface area contributed by atoms with Crippen LogP contribution in [0.5, 0.6) is 0 Å². The Kier molecular flexibility index (Phi) is 7.38. The van der Waals surface area contributed by atoms with E-state index in [0.29, 0.717) is 35.2 Å². The largest absolute Gasteiger partial charge is 0.352 e. The Hall–Kier alpha value is -3.11. The van der Waals surface area contributed by atoms with Gasteiger partial charge in [-0.3, -0.25) is 14.4 Å². The zero-order chi connectivity index (χ0) is 24.2. The lowest BCUT2D eigenvalue weighted by Gasteiger charge is -2.20. The van der Waals surface area contributed by atoms with Crippen molar-refractivity contribution in [3.8, 4) is 0 Å². The van der Waals surface area contributed by atoms with E-state index in [1.54, 1.807) is 23.1 Å². The summed E-state index contributed by atoms with van der Waals surface area (Å²) < 4.78 is 0.839. The Morgan fingerprint density at radius 1 is 1.18 bits per heavy atom. The number of benzene rings is 2. The molecule has 4 rings (SSSR count). The Balaban J connectivity index is 1.29. The van der Waals surface area contributed by atoms with Crippen LogP contribution in [-0.4, -0.2) is 41.0 Å². The molecule has 1 aromatic heterocycles. The van der Waals surface area contributed by atoms with Crippen LogP contribution in [0.1, 0.15) is 32.9 Å². The summed E-state index contributed by atoms with van der Waals surface area (Å²) in [5, 5.41) is 14.9. The molecule has 34 heavy (non-hydrogen) atoms. The van der Waals surface area contributed by atoms with Crippen LogP contribution in [0, 0.1) is 19.8 Å². The third kappa shape index (κ3) is 5.51. The maximum Gasteiger partial charge on any atom is 0.251 e. The number of aryl methyl sites for hydroxylation is 1. The Labute approximate surface area is 209 Å². The topological polar surface area (TPSA) is 104 Å². The number of amides is 3. The third-order valence-corrected chi connectivity index (χ3v) is 7.16. The zero-order valence-corrected chi connectivity index (χ0v) is 21.2. The molecule has 10 heteroatoms. The van der Waals surface area contributed by atoms with Crippen molar-refractivity contribution in [3.63, 3.8) is 0 Å². The first kappa shape index (κ1) is 24.0. The van der Waals surface area contributed by atoms with E-state index in [0.717, 1.165) is 21.3 Å². The monoisotopic (exact) mass is 541 g/mol. The highest BCUT2D eigenvalue weighted by Gasteiger charge is 2.36. The minimum absolute atomic E-state index is 0.0620. The van der Waals surface area contributed by atoms with E-state index < -0.39 is 5.92 Å². The van der Waals surface area contributed by atoms with Gasteiger partial charge in [-0.25, -0.2) is 0 Å². The van der Waals surface area contributed by atoms with Crippen molar-refractivity contribution in [2.45, 2.75) is 26.7 Å². The number of hydrogen-bond acceptors (Lipinski definition) is 6. The van der Waals surface area contributed by atoms with Gasteiger partial charge in [-0.1, -0.05) is 45.5 Å². The van der Waals surface area contributed by atoms with Crippen molar-refractivity contribution in [2.75, 3.05) is 23.3 Å². The van der Waals surface area contributed by atoms with Crippen molar-refractivity contribution in [2.24, 2.45) is 5.92 Å². The van der Waals surface area contributed by atoms with E-state index in [4.69, 9.17) is 0 Å². The van der Waals surface area contributed by atoms with Gasteiger partial charge in [-0.2, -0.15) is 0 Å². The molecule has 176 valence electrons. The number of halogens is 1. The molecular formula is C24H24BrN5O3S. The van der Waals surface area contributed by atoms with Gasteiger partial charge in [0.15, 0.2) is 0 Å². The van der Waals surface area contributed by atoms with Gasteiger partial charge >= 0.3 is 0 Å². The Morgan fingerprint density at radius 3 is 2.76 bits per heavy atom. The van der Waals surface area contributed by atoms with E-state index in [2.05, 4.69) is 36.8 Å². The van der Waals surface area contributed by atoms with Crippen LogP contribution < -0.4 is 15.5 Å². The molecule has 1 atom stereocenters. The molecule has 2 N–H and O–H groups in total. The number of carbonyl (C=O) groups is 3. The quantitative estimate of drug-likeness (QED) is 0.472. The molecule has 1 fully saturated rings. The van der Waals surface area contributed by atoms with E-state index in [-0.39, 0.29) is 24.1 Å². The maximum atomic E-state index is 12.8. The summed E-state index contributed by atoms with van der Waals surface area (Å²) in [6, 6.07) is 13.0. The lowest BCUT2D eigenvalue weighted by atomic mass is 10.1. The minimum atomic E-state index is -0.454. The highest BCUT2D eigenvalue weighted by atomic mass is 79.9. The fourth-order valence-electron chi connectivity index (χ4n) is 3.77. The molecule has 1 unspecified atom stereocenters. The molecule has 3 amide bonds. The molecule has 0 radical (unpaired) electrons. The molecule has 0 bridgehead atoms. The van der Waals surface area contributed by atoms with E-state index in [9.17, 15) is 14.4 Å². The lowest BCUT2D eigenvalue weighted by Crippen LogP contribution is -2.28. The second-order valence-corrected chi connectivity index (χ2v) is 10.1. The number of rotatable bonds is 7. The molecule has 3 aromatic rings. The molecule has 0 saturated carbocycles. The van der Waals surface area contributed by atoms with Crippen LogP contribution in [-0.2, 0) is 16.0 Å². The molecule has 1 aliphatic rings. The second-order valence-electron chi connectivity index (χ2n) is 8.13. The van der Waals surface area contributed by atoms with Crippen molar-refractivity contribution >= 4 is 55.8 Å². The Bertz CT molecular complexity index is 1240. The first-order valence-corrected chi connectivity index (χ1v) is 12.5. The number of nitrogens with one attached hydrogen (secondary N) is 2. The standard InChI is InChI=1S/C24H24BrN5O3S/c1-14-5-3-8-19(15(14)2)30-13-17(12-21(30)31)23(33)27-24-29-28-20(34-24)9-10-26-22(32)16-6-4-7-18(25)11-16/h3-8,11,17H,9-10,12-13H2,1-2H3,(H,26,32)(H,27,29,33). The van der Waals surface area contributed by atoms with Crippen LogP contribution in [0.25, 0.3) is 0 Å². The smallest absolute Gasteiger partial charge is 0.251 e. The van der Waals surface area contributed by atoms with E-state index >= 15 is 0 Å². The van der Waals surface area contributed by atoms with Gasteiger partial charge in [-0.15, -0.1) is 10.2 Å². The molecule has 0 aliphatic carbocycles. The van der Waals surface area contributed by atoms with Crippen LogP contribution >= 0.6 is 27.3 Å². The summed E-state index contributed by atoms with van der Waals surface area (Å²) in [5.41, 5.74) is 3.56. The summed E-state index contributed by atoms with van der Waals surface area (Å²) in [4.78, 5) is 39.3. The number of nitrogens with zero attached hydrogens (tertiary/aromatic N) is 3. The van der Waals surface area contributed by atoms with E-state index in [1.807, 2.05) is 38.1 Å². The van der Waals surface area contributed by atoms with Crippen molar-refractivity contribution in [1.29, 1.82) is 0 Å². The highest BCUT2D eigenvalue weighted by Crippen LogP contribution is 2.30. The first-order chi connectivity index (χ1) is 16.3. The SMILES string of the molecule is Cc1cccc(N2CC(C(=O)Nc3nnc(CCNC(=O)c4cccc(Br)c4)s3)CC2=O)c1C. The van der Waals surface area contributed by atoms with E-state index in [1.165, 1.54) is 11.3 Å². The number of hydrogen-bond donors (Lipinski definition) is 2. The van der Waals surface area contributed by atoms with Crippen LogP contribution in [0.3, 0.4) is 0 Å². The lowest BCUT2D eigenvalue weighted by molar-refractivity contribution is -0.122. The summed E-state index contributed by atoms with van der Waals surface area (Å²) in [7, 11) is 0. The van der Waals surface area contributed by atoms with Crippen LogP contribution in [0.2, 0.25) is 0 Å². The van der Waals surface area contributed by atoms with Gasteiger partial charge in [0.1, 0.15) is 5.01 Å². The normalized spacial score (nSPS) is 15.4. The molecule has 0 spiro atoms. The average Bonchev–Trinajstić information content (AvgIpc) is 3.42. The van der Waals surface area contributed by atoms with Crippen LogP contribution in [0.4, 0.5) is 10.8 Å². The van der Waals surface area contributed by atoms with Gasteiger partial charge < -0.3 is 15.5 Å². The zero-order valence-electron chi connectivity index (χ0n) is 18.8. The first-order valence-electron chi connectivity index (χ1n) is 10.9. The van der Waals surface area contributed by atoms with Gasteiger partial charge in [0.25, 0.3) is 5.91 Å². The second kappa shape index (κ2) is 10.4. The molecular weight excluding hydrogens is 518 g/mol. The number of aromatic nitrogens is 2. The summed E-state index contributed by atoms with van der Waals surface area (Å²) in [6.45, 7) is 4.72. The summed E-state index contributed by atoms with van der Waals surface area (Å²) >= 11 is 4.61. The predicted octanol–water partition coefficient (Wildman–Crippen LogP) is 3.88. The molecule has 2 aromatic carbocycles. The van der Waals surface area contributed by atoms with Crippen LogP contribution in [0.15, 0.2) is 46.9 Å². The summed E-state index contributed by atoms with van der Waals surface area (Å²) in [5.74, 6) is -0.928. The minimum Gasteiger partial charge on any atom is -0.352 e. The van der Waals surface area contributed by atoms with Crippen molar-refractivity contribution < 1.29 is 14.4 Å². The molecule has 2 heterocycles. The van der Waals surface area contributed by atoms with Gasteiger partial charge in [0, 0.05) is 41.7 Å². The Morgan fingerprint density at radius 2 is 1.97 bits per heavy atom. The molecule has 1 aliphatic heterocycles. The predicted molar refractivity (Wildman–Crippen MR) is 135 cm³/mol.